The maximum Gasteiger partial charge on any atom is 0.319 e. The molecule has 0 aromatic heterocycles. The van der Waals surface area contributed by atoms with Gasteiger partial charge in [-0.2, -0.15) is 0 Å². The molecule has 4 rings (SSSR count). The molecule has 0 spiro atoms. The van der Waals surface area contributed by atoms with Gasteiger partial charge in [0.1, 0.15) is 5.75 Å². The molecule has 2 bridgehead atoms. The molecule has 2 aromatic rings. The predicted molar refractivity (Wildman–Crippen MR) is 145 cm³/mol. The van der Waals surface area contributed by atoms with Gasteiger partial charge in [-0.25, -0.2) is 4.79 Å². The van der Waals surface area contributed by atoms with Crippen LogP contribution in [0.1, 0.15) is 64.0 Å². The Labute approximate surface area is 215 Å². The van der Waals surface area contributed by atoms with E-state index in [-0.39, 0.29) is 18.0 Å². The minimum absolute atomic E-state index is 0.0548. The first-order chi connectivity index (χ1) is 17.5. The number of anilines is 2. The number of urea groups is 1. The number of piperidine rings is 2. The number of nitrogens with one attached hydrogen (secondary N) is 3. The van der Waals surface area contributed by atoms with Crippen molar-refractivity contribution in [3.63, 3.8) is 0 Å². The normalized spacial score (nSPS) is 21.5. The Bertz CT molecular complexity index is 1020. The number of ether oxygens (including phenoxy) is 1. The molecule has 194 valence electrons. The second-order valence-corrected chi connectivity index (χ2v) is 9.81. The summed E-state index contributed by atoms with van der Waals surface area (Å²) in [4.78, 5) is 28.3. The lowest BCUT2D eigenvalue weighted by molar-refractivity contribution is -0.120. The van der Waals surface area contributed by atoms with Gasteiger partial charge in [-0.05, 0) is 68.7 Å². The van der Waals surface area contributed by atoms with Crippen LogP contribution in [-0.4, -0.2) is 48.1 Å². The maximum atomic E-state index is 13.2. The molecule has 2 aromatic carbocycles. The average Bonchev–Trinajstić information content (AvgIpc) is 2.86. The van der Waals surface area contributed by atoms with E-state index in [9.17, 15) is 9.59 Å². The van der Waals surface area contributed by atoms with Crippen molar-refractivity contribution in [2.24, 2.45) is 0 Å². The van der Waals surface area contributed by atoms with Crippen molar-refractivity contribution in [2.45, 2.75) is 83.8 Å². The Kier molecular flexibility index (Phi) is 8.86. The lowest BCUT2D eigenvalue weighted by Crippen LogP contribution is -2.58. The highest BCUT2D eigenvalue weighted by Crippen LogP contribution is 2.34. The van der Waals surface area contributed by atoms with Crippen LogP contribution in [0.25, 0.3) is 0 Å². The summed E-state index contributed by atoms with van der Waals surface area (Å²) in [6.07, 6.45) is 6.79. The summed E-state index contributed by atoms with van der Waals surface area (Å²) >= 11 is 0. The molecule has 36 heavy (non-hydrogen) atoms. The molecular formula is C29H40N4O3. The summed E-state index contributed by atoms with van der Waals surface area (Å²) in [5, 5.41) is 9.36. The summed E-state index contributed by atoms with van der Waals surface area (Å²) in [7, 11) is 0. The zero-order valence-electron chi connectivity index (χ0n) is 21.8. The van der Waals surface area contributed by atoms with Crippen LogP contribution in [0, 0.1) is 0 Å². The SMILES string of the molecule is CCOc1ccccc1NC(=O)NC1C[C@H]2CCC[C@@H](C1)N2CC(=O)Nc1c(CC)cccc1CC. The van der Waals surface area contributed by atoms with E-state index in [0.29, 0.717) is 36.7 Å². The lowest BCUT2D eigenvalue weighted by atomic mass is 9.81. The Morgan fingerprint density at radius 3 is 2.22 bits per heavy atom. The highest BCUT2D eigenvalue weighted by atomic mass is 16.5. The number of nitrogens with zero attached hydrogens (tertiary/aromatic N) is 1. The molecule has 2 aliphatic heterocycles. The van der Waals surface area contributed by atoms with Gasteiger partial charge < -0.3 is 20.7 Å². The number of benzene rings is 2. The molecule has 2 heterocycles. The summed E-state index contributed by atoms with van der Waals surface area (Å²) < 4.78 is 5.62. The van der Waals surface area contributed by atoms with Crippen LogP contribution in [0.3, 0.4) is 0 Å². The summed E-state index contributed by atoms with van der Waals surface area (Å²) in [6.45, 7) is 7.11. The first kappa shape index (κ1) is 26.0. The van der Waals surface area contributed by atoms with E-state index < -0.39 is 0 Å². The number of hydrogen-bond donors (Lipinski definition) is 3. The van der Waals surface area contributed by atoms with Crippen LogP contribution in [0.4, 0.5) is 16.2 Å². The van der Waals surface area contributed by atoms with Crippen LogP contribution in [0.15, 0.2) is 42.5 Å². The second-order valence-electron chi connectivity index (χ2n) is 9.81. The first-order valence-corrected chi connectivity index (χ1v) is 13.5. The number of rotatable bonds is 9. The molecule has 0 aliphatic carbocycles. The monoisotopic (exact) mass is 492 g/mol. The Morgan fingerprint density at radius 1 is 0.917 bits per heavy atom. The van der Waals surface area contributed by atoms with Crippen LogP contribution in [-0.2, 0) is 17.6 Å². The summed E-state index contributed by atoms with van der Waals surface area (Å²) in [5.74, 6) is 0.725. The van der Waals surface area contributed by atoms with E-state index in [0.717, 1.165) is 44.2 Å². The minimum atomic E-state index is -0.209. The topological polar surface area (TPSA) is 82.7 Å². The van der Waals surface area contributed by atoms with E-state index in [1.54, 1.807) is 0 Å². The van der Waals surface area contributed by atoms with Gasteiger partial charge in [0.05, 0.1) is 18.8 Å². The van der Waals surface area contributed by atoms with Crippen LogP contribution in [0.2, 0.25) is 0 Å². The van der Waals surface area contributed by atoms with Gasteiger partial charge in [0.2, 0.25) is 5.91 Å². The minimum Gasteiger partial charge on any atom is -0.492 e. The third-order valence-corrected chi connectivity index (χ3v) is 7.49. The molecule has 2 aliphatic rings. The number of para-hydroxylation sites is 3. The van der Waals surface area contributed by atoms with Crippen LogP contribution >= 0.6 is 0 Å². The molecule has 7 nitrogen and oxygen atoms in total. The molecule has 0 saturated carbocycles. The fourth-order valence-corrected chi connectivity index (χ4v) is 5.80. The fourth-order valence-electron chi connectivity index (χ4n) is 5.80. The van der Waals surface area contributed by atoms with Gasteiger partial charge in [-0.1, -0.05) is 50.6 Å². The molecular weight excluding hydrogens is 452 g/mol. The molecule has 3 amide bonds. The molecule has 1 unspecified atom stereocenters. The van der Waals surface area contributed by atoms with Gasteiger partial charge in [-0.3, -0.25) is 9.69 Å². The molecule has 7 heteroatoms. The number of amides is 3. The van der Waals surface area contributed by atoms with Crippen LogP contribution < -0.4 is 20.7 Å². The standard InChI is InChI=1S/C29H40N4O3/c1-4-20-11-9-12-21(5-2)28(20)32-27(34)19-33-23-13-10-14-24(33)18-22(17-23)30-29(35)31-25-15-7-8-16-26(25)36-6-3/h7-9,11-12,15-16,22-24H,4-6,10,13-14,17-19H2,1-3H3,(H,32,34)(H2,30,31,35)/t22?,23-,24+. The molecule has 2 fully saturated rings. The third-order valence-electron chi connectivity index (χ3n) is 7.49. The number of carbonyl (C=O) groups excluding carboxylic acids is 2. The molecule has 2 saturated heterocycles. The highest BCUT2D eigenvalue weighted by molar-refractivity contribution is 5.94. The smallest absolute Gasteiger partial charge is 0.319 e. The fraction of sp³-hybridized carbons (Fsp3) is 0.517. The van der Waals surface area contributed by atoms with Crippen molar-refractivity contribution in [3.05, 3.63) is 53.6 Å². The Hall–Kier alpha value is -3.06. The van der Waals surface area contributed by atoms with Crippen molar-refractivity contribution >= 4 is 23.3 Å². The number of carbonyl (C=O) groups is 2. The van der Waals surface area contributed by atoms with E-state index in [1.807, 2.05) is 31.2 Å². The van der Waals surface area contributed by atoms with Gasteiger partial charge in [0.15, 0.2) is 0 Å². The molecule has 0 radical (unpaired) electrons. The molecule has 3 N–H and O–H groups in total. The van der Waals surface area contributed by atoms with Gasteiger partial charge >= 0.3 is 6.03 Å². The van der Waals surface area contributed by atoms with E-state index >= 15 is 0 Å². The highest BCUT2D eigenvalue weighted by Gasteiger charge is 2.39. The number of hydrogen-bond acceptors (Lipinski definition) is 4. The van der Waals surface area contributed by atoms with Crippen molar-refractivity contribution < 1.29 is 14.3 Å². The maximum absolute atomic E-state index is 13.2. The molecule has 3 atom stereocenters. The van der Waals surface area contributed by atoms with Crippen molar-refractivity contribution in [1.29, 1.82) is 0 Å². The number of fused-ring (bicyclic) bond motifs is 2. The largest absolute Gasteiger partial charge is 0.492 e. The summed E-state index contributed by atoms with van der Waals surface area (Å²) in [5.41, 5.74) is 4.02. The number of aryl methyl sites for hydroxylation is 2. The lowest BCUT2D eigenvalue weighted by Gasteiger charge is -2.48. The quantitative estimate of drug-likeness (QED) is 0.440. The van der Waals surface area contributed by atoms with Gasteiger partial charge in [0.25, 0.3) is 0 Å². The van der Waals surface area contributed by atoms with E-state index in [4.69, 9.17) is 4.74 Å². The van der Waals surface area contributed by atoms with Crippen molar-refractivity contribution in [3.8, 4) is 5.75 Å². The third kappa shape index (κ3) is 6.19. The predicted octanol–water partition coefficient (Wildman–Crippen LogP) is 5.36. The Morgan fingerprint density at radius 2 is 1.58 bits per heavy atom. The summed E-state index contributed by atoms with van der Waals surface area (Å²) in [6, 6.07) is 14.2. The van der Waals surface area contributed by atoms with Crippen molar-refractivity contribution in [2.75, 3.05) is 23.8 Å². The van der Waals surface area contributed by atoms with Crippen LogP contribution in [0.5, 0.6) is 5.75 Å². The average molecular weight is 493 g/mol. The first-order valence-electron chi connectivity index (χ1n) is 13.5. The van der Waals surface area contributed by atoms with E-state index in [2.05, 4.69) is 52.9 Å². The van der Waals surface area contributed by atoms with Crippen molar-refractivity contribution in [1.82, 2.24) is 10.2 Å². The van der Waals surface area contributed by atoms with Gasteiger partial charge in [-0.15, -0.1) is 0 Å². The zero-order valence-corrected chi connectivity index (χ0v) is 21.8. The Balaban J connectivity index is 1.35. The van der Waals surface area contributed by atoms with Gasteiger partial charge in [0, 0.05) is 23.8 Å². The second kappa shape index (κ2) is 12.3. The zero-order chi connectivity index (χ0) is 25.5. The van der Waals surface area contributed by atoms with E-state index in [1.165, 1.54) is 17.5 Å².